The molecular formula is C19H32ClN3O3. The monoisotopic (exact) mass is 385 g/mol. The van der Waals surface area contributed by atoms with Crippen LogP contribution < -0.4 is 15.8 Å². The summed E-state index contributed by atoms with van der Waals surface area (Å²) in [5, 5.41) is 2.99. The van der Waals surface area contributed by atoms with Crippen molar-refractivity contribution in [3.8, 4) is 5.75 Å². The molecule has 1 unspecified atom stereocenters. The van der Waals surface area contributed by atoms with Crippen molar-refractivity contribution in [3.05, 3.63) is 29.8 Å². The number of nitrogens with two attached hydrogens (primary N) is 1. The molecule has 1 heterocycles. The number of amides is 1. The predicted molar refractivity (Wildman–Crippen MR) is 106 cm³/mol. The lowest BCUT2D eigenvalue weighted by Crippen LogP contribution is -2.54. The van der Waals surface area contributed by atoms with Gasteiger partial charge >= 0.3 is 0 Å². The fourth-order valence-corrected chi connectivity index (χ4v) is 3.07. The van der Waals surface area contributed by atoms with Gasteiger partial charge in [-0.25, -0.2) is 0 Å². The summed E-state index contributed by atoms with van der Waals surface area (Å²) in [6, 6.07) is 7.96. The van der Waals surface area contributed by atoms with Gasteiger partial charge in [-0.1, -0.05) is 26.0 Å². The molecule has 1 saturated heterocycles. The number of methoxy groups -OCH3 is 1. The van der Waals surface area contributed by atoms with Gasteiger partial charge in [0.1, 0.15) is 12.4 Å². The zero-order chi connectivity index (χ0) is 18.3. The Morgan fingerprint density at radius 3 is 2.85 bits per heavy atom. The number of rotatable bonds is 8. The molecule has 1 fully saturated rings. The summed E-state index contributed by atoms with van der Waals surface area (Å²) in [5.74, 6) is 0.826. The van der Waals surface area contributed by atoms with Crippen molar-refractivity contribution in [1.29, 1.82) is 0 Å². The number of carbonyl (C=O) groups is 1. The molecule has 1 aromatic rings. The highest BCUT2D eigenvalue weighted by Crippen LogP contribution is 2.27. The smallest absolute Gasteiger partial charge is 0.234 e. The molecule has 0 radical (unpaired) electrons. The second-order valence-corrected chi connectivity index (χ2v) is 7.36. The number of hydrogen-bond donors (Lipinski definition) is 2. The fourth-order valence-electron chi connectivity index (χ4n) is 3.07. The van der Waals surface area contributed by atoms with E-state index >= 15 is 0 Å². The number of ether oxygens (including phenoxy) is 2. The predicted octanol–water partition coefficient (Wildman–Crippen LogP) is 1.81. The van der Waals surface area contributed by atoms with Crippen molar-refractivity contribution in [2.75, 3.05) is 40.0 Å². The molecule has 0 aliphatic carbocycles. The standard InChI is InChI=1S/C19H31N3O3.ClH/c1-19(2)14-22(8-7-17(19)20)13-18(23)21-12-15-5-4-6-16(11-15)25-10-9-24-3;/h4-6,11,17H,7-10,12-14,20H2,1-3H3,(H,21,23);1H. The third kappa shape index (κ3) is 7.11. The van der Waals surface area contributed by atoms with Crippen molar-refractivity contribution in [2.24, 2.45) is 11.1 Å². The number of nitrogens with one attached hydrogen (secondary N) is 1. The van der Waals surface area contributed by atoms with E-state index in [-0.39, 0.29) is 29.8 Å². The van der Waals surface area contributed by atoms with Gasteiger partial charge in [0, 0.05) is 32.8 Å². The van der Waals surface area contributed by atoms with E-state index in [1.807, 2.05) is 24.3 Å². The van der Waals surface area contributed by atoms with Crippen molar-refractivity contribution in [3.63, 3.8) is 0 Å². The first-order valence-electron chi connectivity index (χ1n) is 8.86. The minimum Gasteiger partial charge on any atom is -0.491 e. The number of hydrogen-bond acceptors (Lipinski definition) is 5. The van der Waals surface area contributed by atoms with Gasteiger partial charge in [0.25, 0.3) is 0 Å². The Morgan fingerprint density at radius 2 is 2.15 bits per heavy atom. The van der Waals surface area contributed by atoms with Crippen LogP contribution in [-0.4, -0.2) is 56.8 Å². The largest absolute Gasteiger partial charge is 0.491 e. The molecule has 2 rings (SSSR count). The van der Waals surface area contributed by atoms with Crippen molar-refractivity contribution in [1.82, 2.24) is 10.2 Å². The topological polar surface area (TPSA) is 76.8 Å². The molecule has 6 nitrogen and oxygen atoms in total. The van der Waals surface area contributed by atoms with E-state index in [1.54, 1.807) is 7.11 Å². The molecule has 1 atom stereocenters. The van der Waals surface area contributed by atoms with E-state index < -0.39 is 0 Å². The van der Waals surface area contributed by atoms with Crippen LogP contribution in [-0.2, 0) is 16.1 Å². The van der Waals surface area contributed by atoms with Gasteiger partial charge < -0.3 is 20.5 Å². The Balaban J connectivity index is 0.00000338. The minimum absolute atomic E-state index is 0. The molecule has 3 N–H and O–H groups in total. The second-order valence-electron chi connectivity index (χ2n) is 7.36. The zero-order valence-corrected chi connectivity index (χ0v) is 16.8. The van der Waals surface area contributed by atoms with Crippen LogP contribution in [0.3, 0.4) is 0 Å². The molecule has 0 aromatic heterocycles. The average molecular weight is 386 g/mol. The van der Waals surface area contributed by atoms with Crippen LogP contribution in [0, 0.1) is 5.41 Å². The highest BCUT2D eigenvalue weighted by Gasteiger charge is 2.33. The number of carbonyl (C=O) groups excluding carboxylic acids is 1. The normalized spacial score (nSPS) is 19.5. The number of nitrogens with zero attached hydrogens (tertiary/aromatic N) is 1. The van der Waals surface area contributed by atoms with Gasteiger partial charge in [0.2, 0.25) is 5.91 Å². The second kappa shape index (κ2) is 10.7. The highest BCUT2D eigenvalue weighted by molar-refractivity contribution is 5.85. The maximum atomic E-state index is 12.2. The van der Waals surface area contributed by atoms with Crippen LogP contribution in [0.5, 0.6) is 5.75 Å². The molecule has 1 aliphatic heterocycles. The van der Waals surface area contributed by atoms with Crippen molar-refractivity contribution in [2.45, 2.75) is 32.9 Å². The summed E-state index contributed by atoms with van der Waals surface area (Å²) in [7, 11) is 1.65. The van der Waals surface area contributed by atoms with Gasteiger partial charge in [-0.05, 0) is 29.5 Å². The molecule has 26 heavy (non-hydrogen) atoms. The summed E-state index contributed by atoms with van der Waals surface area (Å²) in [5.41, 5.74) is 7.22. The minimum atomic E-state index is 0. The first-order chi connectivity index (χ1) is 11.9. The van der Waals surface area contributed by atoms with Crippen LogP contribution in [0.2, 0.25) is 0 Å². The molecule has 0 bridgehead atoms. The number of piperidine rings is 1. The van der Waals surface area contributed by atoms with E-state index in [9.17, 15) is 4.79 Å². The van der Waals surface area contributed by atoms with E-state index in [1.165, 1.54) is 0 Å². The lowest BCUT2D eigenvalue weighted by molar-refractivity contribution is -0.123. The maximum Gasteiger partial charge on any atom is 0.234 e. The molecule has 148 valence electrons. The molecule has 1 aromatic carbocycles. The SMILES string of the molecule is COCCOc1cccc(CNC(=O)CN2CCC(N)C(C)(C)C2)c1.Cl. The molecule has 1 amide bonds. The summed E-state index contributed by atoms with van der Waals surface area (Å²) in [4.78, 5) is 14.4. The van der Waals surface area contributed by atoms with E-state index in [4.69, 9.17) is 15.2 Å². The van der Waals surface area contributed by atoms with Crippen LogP contribution in [0.1, 0.15) is 25.8 Å². The van der Waals surface area contributed by atoms with Gasteiger partial charge in [0.15, 0.2) is 0 Å². The number of likely N-dealkylation sites (tertiary alicyclic amines) is 1. The lowest BCUT2D eigenvalue weighted by atomic mass is 9.80. The molecule has 0 saturated carbocycles. The van der Waals surface area contributed by atoms with E-state index in [0.717, 1.165) is 30.8 Å². The Hall–Kier alpha value is -1.34. The Morgan fingerprint density at radius 1 is 1.38 bits per heavy atom. The number of benzene rings is 1. The summed E-state index contributed by atoms with van der Waals surface area (Å²) in [6.07, 6.45) is 0.932. The first kappa shape index (κ1) is 22.7. The third-order valence-corrected chi connectivity index (χ3v) is 4.70. The fraction of sp³-hybridized carbons (Fsp3) is 0.632. The van der Waals surface area contributed by atoms with Crippen LogP contribution in [0.4, 0.5) is 0 Å². The Labute approximate surface area is 162 Å². The Kier molecular flexibility index (Phi) is 9.36. The summed E-state index contributed by atoms with van der Waals surface area (Å²) in [6.45, 7) is 8.03. The highest BCUT2D eigenvalue weighted by atomic mass is 35.5. The van der Waals surface area contributed by atoms with Crippen molar-refractivity contribution < 1.29 is 14.3 Å². The summed E-state index contributed by atoms with van der Waals surface area (Å²) < 4.78 is 10.6. The third-order valence-electron chi connectivity index (χ3n) is 4.70. The van der Waals surface area contributed by atoms with Gasteiger partial charge in [-0.3, -0.25) is 9.69 Å². The van der Waals surface area contributed by atoms with E-state index in [2.05, 4.69) is 24.1 Å². The van der Waals surface area contributed by atoms with Crippen LogP contribution in [0.15, 0.2) is 24.3 Å². The molecule has 0 spiro atoms. The summed E-state index contributed by atoms with van der Waals surface area (Å²) >= 11 is 0. The quantitative estimate of drug-likeness (QED) is 0.667. The van der Waals surface area contributed by atoms with Crippen molar-refractivity contribution >= 4 is 18.3 Å². The van der Waals surface area contributed by atoms with Gasteiger partial charge in [0.05, 0.1) is 13.2 Å². The molecular weight excluding hydrogens is 354 g/mol. The molecule has 7 heteroatoms. The van der Waals surface area contributed by atoms with E-state index in [0.29, 0.717) is 26.3 Å². The number of halogens is 1. The van der Waals surface area contributed by atoms with Gasteiger partial charge in [-0.15, -0.1) is 12.4 Å². The molecule has 1 aliphatic rings. The Bertz CT molecular complexity index is 569. The van der Waals surface area contributed by atoms with Crippen LogP contribution in [0.25, 0.3) is 0 Å². The first-order valence-corrected chi connectivity index (χ1v) is 8.86. The maximum absolute atomic E-state index is 12.2. The lowest BCUT2D eigenvalue weighted by Gasteiger charge is -2.42. The van der Waals surface area contributed by atoms with Gasteiger partial charge in [-0.2, -0.15) is 0 Å². The average Bonchev–Trinajstić information content (AvgIpc) is 2.57. The zero-order valence-electron chi connectivity index (χ0n) is 16.0. The van der Waals surface area contributed by atoms with Crippen LogP contribution >= 0.6 is 12.4 Å².